The summed E-state index contributed by atoms with van der Waals surface area (Å²) in [5, 5.41) is 6.90. The molecule has 172 valence electrons. The molecule has 3 aromatic rings. The number of amides is 1. The van der Waals surface area contributed by atoms with Crippen molar-refractivity contribution in [2.45, 2.75) is 32.7 Å². The number of carbonyl (C=O) groups excluding carboxylic acids is 1. The Morgan fingerprint density at radius 3 is 2.64 bits per heavy atom. The molecule has 5 nitrogen and oxygen atoms in total. The lowest BCUT2D eigenvalue weighted by Crippen LogP contribution is -2.37. The molecular weight excluding hydrogens is 432 g/mol. The predicted octanol–water partition coefficient (Wildman–Crippen LogP) is 6.18. The molecule has 1 unspecified atom stereocenters. The van der Waals surface area contributed by atoms with Gasteiger partial charge in [0, 0.05) is 24.5 Å². The Labute approximate surface area is 201 Å². The average Bonchev–Trinajstić information content (AvgIpc) is 2.84. The average molecular weight is 463 g/mol. The van der Waals surface area contributed by atoms with E-state index in [4.69, 9.17) is 11.6 Å². The van der Waals surface area contributed by atoms with Crippen LogP contribution in [-0.2, 0) is 0 Å². The second kappa shape index (κ2) is 10.8. The molecule has 1 fully saturated rings. The molecule has 2 heterocycles. The zero-order valence-corrected chi connectivity index (χ0v) is 20.0. The van der Waals surface area contributed by atoms with E-state index in [9.17, 15) is 4.79 Å². The molecule has 0 spiro atoms. The number of rotatable bonds is 7. The number of hydrogen-bond donors (Lipinski definition) is 2. The quantitative estimate of drug-likeness (QED) is 0.440. The highest BCUT2D eigenvalue weighted by atomic mass is 35.5. The molecule has 2 N–H and O–H groups in total. The standard InChI is InChI=1S/C27H31ClN4O/c1-19-6-5-7-22(16-19)20(2)32-14-12-21(13-15-32)17-29-25-9-4-3-8-24(25)27(33)31-26-11-10-23(28)18-30-26/h3-11,16,18,20-21,29H,12-15,17H2,1-2H3,(H,30,31,33). The van der Waals surface area contributed by atoms with Crippen molar-refractivity contribution in [2.75, 3.05) is 30.3 Å². The van der Waals surface area contributed by atoms with Gasteiger partial charge in [-0.2, -0.15) is 0 Å². The maximum atomic E-state index is 12.8. The van der Waals surface area contributed by atoms with Crippen LogP contribution in [0.25, 0.3) is 0 Å². The summed E-state index contributed by atoms with van der Waals surface area (Å²) < 4.78 is 0. The molecule has 0 bridgehead atoms. The van der Waals surface area contributed by atoms with Crippen LogP contribution in [0.1, 0.15) is 47.3 Å². The van der Waals surface area contributed by atoms with Crippen LogP contribution in [0, 0.1) is 12.8 Å². The van der Waals surface area contributed by atoms with Crippen LogP contribution in [0.4, 0.5) is 11.5 Å². The van der Waals surface area contributed by atoms with Crippen LogP contribution >= 0.6 is 11.6 Å². The van der Waals surface area contributed by atoms with Gasteiger partial charge >= 0.3 is 0 Å². The first-order chi connectivity index (χ1) is 16.0. The van der Waals surface area contributed by atoms with Crippen LogP contribution in [-0.4, -0.2) is 35.4 Å². The van der Waals surface area contributed by atoms with Gasteiger partial charge in [0.05, 0.1) is 10.6 Å². The number of likely N-dealkylation sites (tertiary alicyclic amines) is 1. The van der Waals surface area contributed by atoms with Gasteiger partial charge in [-0.05, 0) is 75.5 Å². The number of pyridine rings is 1. The third-order valence-electron chi connectivity index (χ3n) is 6.44. The van der Waals surface area contributed by atoms with Gasteiger partial charge in [0.2, 0.25) is 0 Å². The molecule has 1 saturated heterocycles. The summed E-state index contributed by atoms with van der Waals surface area (Å²) in [5.74, 6) is 0.879. The Morgan fingerprint density at radius 1 is 1.12 bits per heavy atom. The number of aromatic nitrogens is 1. The summed E-state index contributed by atoms with van der Waals surface area (Å²) in [6.45, 7) is 7.49. The highest BCUT2D eigenvalue weighted by Crippen LogP contribution is 2.28. The second-order valence-electron chi connectivity index (χ2n) is 8.81. The summed E-state index contributed by atoms with van der Waals surface area (Å²) in [5.41, 5.74) is 4.16. The van der Waals surface area contributed by atoms with Gasteiger partial charge in [-0.1, -0.05) is 53.6 Å². The molecule has 4 rings (SSSR count). The van der Waals surface area contributed by atoms with E-state index < -0.39 is 0 Å². The van der Waals surface area contributed by atoms with E-state index in [0.29, 0.717) is 28.4 Å². The minimum absolute atomic E-state index is 0.185. The van der Waals surface area contributed by atoms with E-state index in [1.807, 2.05) is 24.3 Å². The van der Waals surface area contributed by atoms with Crippen molar-refractivity contribution in [3.63, 3.8) is 0 Å². The van der Waals surface area contributed by atoms with Crippen LogP contribution in [0.15, 0.2) is 66.9 Å². The van der Waals surface area contributed by atoms with Gasteiger partial charge in [-0.25, -0.2) is 4.98 Å². The molecule has 0 radical (unpaired) electrons. The number of para-hydroxylation sites is 1. The first kappa shape index (κ1) is 23.3. The molecule has 1 aliphatic heterocycles. The van der Waals surface area contributed by atoms with Crippen molar-refractivity contribution in [3.8, 4) is 0 Å². The fraction of sp³-hybridized carbons (Fsp3) is 0.333. The predicted molar refractivity (Wildman–Crippen MR) is 136 cm³/mol. The smallest absolute Gasteiger partial charge is 0.258 e. The topological polar surface area (TPSA) is 57.3 Å². The number of nitrogens with zero attached hydrogens (tertiary/aromatic N) is 2. The number of benzene rings is 2. The van der Waals surface area contributed by atoms with Gasteiger partial charge in [0.25, 0.3) is 5.91 Å². The third-order valence-corrected chi connectivity index (χ3v) is 6.67. The van der Waals surface area contributed by atoms with E-state index in [2.05, 4.69) is 58.6 Å². The SMILES string of the molecule is Cc1cccc(C(C)N2CCC(CNc3ccccc3C(=O)Nc3ccc(Cl)cn3)CC2)c1. The van der Waals surface area contributed by atoms with Crippen LogP contribution in [0.5, 0.6) is 0 Å². The van der Waals surface area contributed by atoms with Gasteiger partial charge < -0.3 is 10.6 Å². The summed E-state index contributed by atoms with van der Waals surface area (Å²) in [7, 11) is 0. The maximum Gasteiger partial charge on any atom is 0.258 e. The van der Waals surface area contributed by atoms with Gasteiger partial charge in [-0.15, -0.1) is 0 Å². The molecule has 2 aromatic carbocycles. The highest BCUT2D eigenvalue weighted by Gasteiger charge is 2.24. The Kier molecular flexibility index (Phi) is 7.63. The summed E-state index contributed by atoms with van der Waals surface area (Å²) in [6.07, 6.45) is 3.81. The van der Waals surface area contributed by atoms with Crippen molar-refractivity contribution in [1.82, 2.24) is 9.88 Å². The van der Waals surface area contributed by atoms with Crippen molar-refractivity contribution < 1.29 is 4.79 Å². The van der Waals surface area contributed by atoms with Crippen molar-refractivity contribution in [1.29, 1.82) is 0 Å². The maximum absolute atomic E-state index is 12.8. The summed E-state index contributed by atoms with van der Waals surface area (Å²) >= 11 is 5.88. The highest BCUT2D eigenvalue weighted by molar-refractivity contribution is 6.30. The van der Waals surface area contributed by atoms with Gasteiger partial charge in [-0.3, -0.25) is 9.69 Å². The third kappa shape index (κ3) is 6.12. The fourth-order valence-electron chi connectivity index (χ4n) is 4.41. The molecule has 0 aliphatic carbocycles. The number of anilines is 2. The zero-order chi connectivity index (χ0) is 23.2. The largest absolute Gasteiger partial charge is 0.384 e. The summed E-state index contributed by atoms with van der Waals surface area (Å²) in [6, 6.07) is 20.3. The Bertz CT molecular complexity index is 1080. The number of nitrogens with one attached hydrogen (secondary N) is 2. The van der Waals surface area contributed by atoms with Crippen molar-refractivity contribution >= 4 is 29.0 Å². The van der Waals surface area contributed by atoms with E-state index in [1.165, 1.54) is 17.3 Å². The molecule has 1 aromatic heterocycles. The Balaban J connectivity index is 1.31. The fourth-order valence-corrected chi connectivity index (χ4v) is 4.52. The van der Waals surface area contributed by atoms with E-state index in [-0.39, 0.29) is 5.91 Å². The molecule has 0 saturated carbocycles. The normalized spacial score (nSPS) is 15.7. The second-order valence-corrected chi connectivity index (χ2v) is 9.25. The minimum Gasteiger partial charge on any atom is -0.384 e. The number of piperidine rings is 1. The number of halogens is 1. The lowest BCUT2D eigenvalue weighted by Gasteiger charge is -2.36. The van der Waals surface area contributed by atoms with E-state index in [1.54, 1.807) is 12.1 Å². The molecule has 1 amide bonds. The van der Waals surface area contributed by atoms with Gasteiger partial charge in [0.15, 0.2) is 0 Å². The molecular formula is C27H31ClN4O. The Hall–Kier alpha value is -2.89. The van der Waals surface area contributed by atoms with Crippen LogP contribution in [0.2, 0.25) is 5.02 Å². The van der Waals surface area contributed by atoms with E-state index >= 15 is 0 Å². The Morgan fingerprint density at radius 2 is 1.91 bits per heavy atom. The minimum atomic E-state index is -0.185. The number of aryl methyl sites for hydroxylation is 1. The van der Waals surface area contributed by atoms with Crippen LogP contribution < -0.4 is 10.6 Å². The first-order valence-corrected chi connectivity index (χ1v) is 11.9. The lowest BCUT2D eigenvalue weighted by molar-refractivity contribution is 0.102. The molecule has 1 aliphatic rings. The van der Waals surface area contributed by atoms with Crippen molar-refractivity contribution in [3.05, 3.63) is 88.6 Å². The number of hydrogen-bond acceptors (Lipinski definition) is 4. The molecule has 33 heavy (non-hydrogen) atoms. The summed E-state index contributed by atoms with van der Waals surface area (Å²) in [4.78, 5) is 19.5. The van der Waals surface area contributed by atoms with Gasteiger partial charge in [0.1, 0.15) is 5.82 Å². The molecule has 1 atom stereocenters. The molecule has 6 heteroatoms. The lowest BCUT2D eigenvalue weighted by atomic mass is 9.94. The zero-order valence-electron chi connectivity index (χ0n) is 19.2. The monoisotopic (exact) mass is 462 g/mol. The van der Waals surface area contributed by atoms with E-state index in [0.717, 1.165) is 38.2 Å². The number of carbonyl (C=O) groups is 1. The first-order valence-electron chi connectivity index (χ1n) is 11.6. The van der Waals surface area contributed by atoms with Crippen LogP contribution in [0.3, 0.4) is 0 Å². The van der Waals surface area contributed by atoms with Crippen molar-refractivity contribution in [2.24, 2.45) is 5.92 Å².